The number of anilines is 1. The predicted octanol–water partition coefficient (Wildman–Crippen LogP) is 0.659. The fourth-order valence-electron chi connectivity index (χ4n) is 1.50. The normalized spacial score (nSPS) is 13.3. The second-order valence-corrected chi connectivity index (χ2v) is 6.22. The SMILES string of the molecule is CC(C)NS(=O)(=O)c1ccccc1NC(C)C(N)=O. The molecule has 1 rings (SSSR count). The molecule has 0 fully saturated rings. The zero-order valence-electron chi connectivity index (χ0n) is 11.2. The van der Waals surface area contributed by atoms with Crippen molar-refractivity contribution in [3.8, 4) is 0 Å². The third-order valence-electron chi connectivity index (χ3n) is 2.37. The zero-order valence-corrected chi connectivity index (χ0v) is 12.0. The summed E-state index contributed by atoms with van der Waals surface area (Å²) >= 11 is 0. The molecule has 0 radical (unpaired) electrons. The van der Waals surface area contributed by atoms with E-state index in [1.165, 1.54) is 6.07 Å². The summed E-state index contributed by atoms with van der Waals surface area (Å²) in [7, 11) is -3.63. The van der Waals surface area contributed by atoms with Crippen molar-refractivity contribution in [2.45, 2.75) is 37.8 Å². The Morgan fingerprint density at radius 2 is 1.79 bits per heavy atom. The average molecular weight is 285 g/mol. The highest BCUT2D eigenvalue weighted by atomic mass is 32.2. The van der Waals surface area contributed by atoms with Gasteiger partial charge in [-0.15, -0.1) is 0 Å². The Labute approximate surface area is 113 Å². The minimum absolute atomic E-state index is 0.0943. The van der Waals surface area contributed by atoms with E-state index in [-0.39, 0.29) is 10.9 Å². The molecule has 1 aromatic carbocycles. The van der Waals surface area contributed by atoms with Crippen LogP contribution in [0.15, 0.2) is 29.2 Å². The molecule has 0 saturated carbocycles. The zero-order chi connectivity index (χ0) is 14.6. The predicted molar refractivity (Wildman–Crippen MR) is 74.2 cm³/mol. The maximum Gasteiger partial charge on any atom is 0.242 e. The summed E-state index contributed by atoms with van der Waals surface area (Å²) < 4.78 is 26.8. The van der Waals surface area contributed by atoms with E-state index in [4.69, 9.17) is 5.73 Å². The van der Waals surface area contributed by atoms with E-state index in [0.29, 0.717) is 5.69 Å². The van der Waals surface area contributed by atoms with Gasteiger partial charge in [0, 0.05) is 6.04 Å². The number of primary amides is 1. The van der Waals surface area contributed by atoms with Crippen LogP contribution in [0.4, 0.5) is 5.69 Å². The first-order valence-corrected chi connectivity index (χ1v) is 7.39. The minimum atomic E-state index is -3.63. The van der Waals surface area contributed by atoms with Crippen LogP contribution < -0.4 is 15.8 Å². The van der Waals surface area contributed by atoms with E-state index >= 15 is 0 Å². The lowest BCUT2D eigenvalue weighted by atomic mass is 10.2. The molecular formula is C12H19N3O3S. The number of rotatable bonds is 6. The molecule has 0 spiro atoms. The van der Waals surface area contributed by atoms with E-state index in [2.05, 4.69) is 10.0 Å². The molecule has 1 amide bonds. The number of nitrogens with one attached hydrogen (secondary N) is 2. The number of hydrogen-bond acceptors (Lipinski definition) is 4. The van der Waals surface area contributed by atoms with Crippen molar-refractivity contribution in [3.05, 3.63) is 24.3 Å². The second kappa shape index (κ2) is 6.03. The van der Waals surface area contributed by atoms with Crippen LogP contribution in [0, 0.1) is 0 Å². The second-order valence-electron chi connectivity index (χ2n) is 4.54. The van der Waals surface area contributed by atoms with Gasteiger partial charge in [0.2, 0.25) is 15.9 Å². The third kappa shape index (κ3) is 4.22. The van der Waals surface area contributed by atoms with Gasteiger partial charge in [-0.3, -0.25) is 4.79 Å². The van der Waals surface area contributed by atoms with Crippen molar-refractivity contribution in [1.82, 2.24) is 4.72 Å². The van der Waals surface area contributed by atoms with Crippen molar-refractivity contribution < 1.29 is 13.2 Å². The van der Waals surface area contributed by atoms with Crippen molar-refractivity contribution in [1.29, 1.82) is 0 Å². The maximum absolute atomic E-state index is 12.1. The van der Waals surface area contributed by atoms with Gasteiger partial charge >= 0.3 is 0 Å². The topological polar surface area (TPSA) is 101 Å². The van der Waals surface area contributed by atoms with Gasteiger partial charge in [-0.1, -0.05) is 12.1 Å². The van der Waals surface area contributed by atoms with Gasteiger partial charge in [0.1, 0.15) is 10.9 Å². The first kappa shape index (κ1) is 15.5. The molecule has 0 saturated heterocycles. The quantitative estimate of drug-likeness (QED) is 0.714. The molecule has 6 nitrogen and oxygen atoms in total. The van der Waals surface area contributed by atoms with Gasteiger partial charge < -0.3 is 11.1 Å². The first-order chi connectivity index (χ1) is 8.74. The van der Waals surface area contributed by atoms with Crippen molar-refractivity contribution in [3.63, 3.8) is 0 Å². The third-order valence-corrected chi connectivity index (χ3v) is 4.08. The molecule has 0 aliphatic rings. The summed E-state index contributed by atoms with van der Waals surface area (Å²) in [5.41, 5.74) is 5.51. The number of sulfonamides is 1. The fraction of sp³-hybridized carbons (Fsp3) is 0.417. The molecule has 106 valence electrons. The van der Waals surface area contributed by atoms with Crippen LogP contribution >= 0.6 is 0 Å². The van der Waals surface area contributed by atoms with Crippen LogP contribution in [0.2, 0.25) is 0 Å². The van der Waals surface area contributed by atoms with Crippen LogP contribution in [-0.4, -0.2) is 26.4 Å². The molecule has 0 bridgehead atoms. The Kier molecular flexibility index (Phi) is 4.90. The first-order valence-electron chi connectivity index (χ1n) is 5.91. The monoisotopic (exact) mass is 285 g/mol. The lowest BCUT2D eigenvalue weighted by Crippen LogP contribution is -2.34. The Balaban J connectivity index is 3.12. The average Bonchev–Trinajstić information content (AvgIpc) is 2.27. The molecule has 1 aromatic rings. The van der Waals surface area contributed by atoms with Crippen molar-refractivity contribution in [2.75, 3.05) is 5.32 Å². The minimum Gasteiger partial charge on any atom is -0.373 e. The van der Waals surface area contributed by atoms with Gasteiger partial charge in [0.15, 0.2) is 0 Å². The molecule has 7 heteroatoms. The Bertz CT molecular complexity index is 555. The summed E-state index contributed by atoms with van der Waals surface area (Å²) in [5.74, 6) is -0.552. The molecule has 0 aliphatic carbocycles. The molecule has 1 atom stereocenters. The van der Waals surface area contributed by atoms with E-state index in [9.17, 15) is 13.2 Å². The van der Waals surface area contributed by atoms with Crippen molar-refractivity contribution >= 4 is 21.6 Å². The number of amides is 1. The Morgan fingerprint density at radius 3 is 2.32 bits per heavy atom. The largest absolute Gasteiger partial charge is 0.373 e. The number of carbonyl (C=O) groups excluding carboxylic acids is 1. The van der Waals surface area contributed by atoms with E-state index < -0.39 is 22.0 Å². The van der Waals surface area contributed by atoms with Crippen LogP contribution in [0.25, 0.3) is 0 Å². The number of nitrogens with two attached hydrogens (primary N) is 1. The van der Waals surface area contributed by atoms with Crippen LogP contribution in [0.1, 0.15) is 20.8 Å². The molecule has 19 heavy (non-hydrogen) atoms. The van der Waals surface area contributed by atoms with Gasteiger partial charge in [-0.25, -0.2) is 13.1 Å². The molecule has 0 aromatic heterocycles. The number of hydrogen-bond donors (Lipinski definition) is 3. The molecule has 0 aliphatic heterocycles. The van der Waals surface area contributed by atoms with Crippen LogP contribution in [0.5, 0.6) is 0 Å². The Morgan fingerprint density at radius 1 is 1.21 bits per heavy atom. The standard InChI is InChI=1S/C12H19N3O3S/c1-8(2)15-19(17,18)11-7-5-4-6-10(11)14-9(3)12(13)16/h4-9,14-15H,1-3H3,(H2,13,16). The maximum atomic E-state index is 12.1. The van der Waals surface area contributed by atoms with Crippen LogP contribution in [-0.2, 0) is 14.8 Å². The summed E-state index contributed by atoms with van der Waals surface area (Å²) in [6, 6.07) is 5.50. The highest BCUT2D eigenvalue weighted by Crippen LogP contribution is 2.21. The van der Waals surface area contributed by atoms with Gasteiger partial charge in [0.05, 0.1) is 5.69 Å². The smallest absolute Gasteiger partial charge is 0.242 e. The summed E-state index contributed by atoms with van der Waals surface area (Å²) in [4.78, 5) is 11.1. The highest BCUT2D eigenvalue weighted by Gasteiger charge is 2.20. The van der Waals surface area contributed by atoms with Gasteiger partial charge in [-0.05, 0) is 32.9 Å². The molecular weight excluding hydrogens is 266 g/mol. The lowest BCUT2D eigenvalue weighted by molar-refractivity contribution is -0.118. The van der Waals surface area contributed by atoms with E-state index in [1.54, 1.807) is 39.0 Å². The number of benzene rings is 1. The molecule has 1 unspecified atom stereocenters. The van der Waals surface area contributed by atoms with Gasteiger partial charge in [0.25, 0.3) is 0 Å². The van der Waals surface area contributed by atoms with E-state index in [1.807, 2.05) is 0 Å². The molecule has 4 N–H and O–H groups in total. The summed E-state index contributed by atoms with van der Waals surface area (Å²) in [5, 5.41) is 2.80. The Hall–Kier alpha value is -1.60. The number of carbonyl (C=O) groups is 1. The fourth-order valence-corrected chi connectivity index (χ4v) is 2.92. The summed E-state index contributed by atoms with van der Waals surface area (Å²) in [6.45, 7) is 5.04. The lowest BCUT2D eigenvalue weighted by Gasteiger charge is -2.17. The number of para-hydroxylation sites is 1. The molecule has 0 heterocycles. The van der Waals surface area contributed by atoms with Crippen molar-refractivity contribution in [2.24, 2.45) is 5.73 Å². The van der Waals surface area contributed by atoms with Gasteiger partial charge in [-0.2, -0.15) is 0 Å². The van der Waals surface area contributed by atoms with Crippen LogP contribution in [0.3, 0.4) is 0 Å². The highest BCUT2D eigenvalue weighted by molar-refractivity contribution is 7.89. The van der Waals surface area contributed by atoms with E-state index in [0.717, 1.165) is 0 Å². The summed E-state index contributed by atoms with van der Waals surface area (Å²) in [6.07, 6.45) is 0.